The van der Waals surface area contributed by atoms with Crippen molar-refractivity contribution < 1.29 is 18.6 Å². The first-order valence-corrected chi connectivity index (χ1v) is 10.4. The summed E-state index contributed by atoms with van der Waals surface area (Å²) in [5.74, 6) is 1.59. The molecule has 0 aliphatic carbocycles. The van der Waals surface area contributed by atoms with Gasteiger partial charge >= 0.3 is 0 Å². The zero-order valence-electron chi connectivity index (χ0n) is 17.0. The van der Waals surface area contributed by atoms with Gasteiger partial charge in [0.2, 0.25) is 5.95 Å². The summed E-state index contributed by atoms with van der Waals surface area (Å²) in [4.78, 5) is 13.1. The van der Waals surface area contributed by atoms with E-state index in [4.69, 9.17) is 14.2 Å². The number of halogens is 1. The van der Waals surface area contributed by atoms with Crippen LogP contribution in [0.25, 0.3) is 0 Å². The molecule has 1 saturated heterocycles. The number of hydrogen-bond acceptors (Lipinski definition) is 7. The Morgan fingerprint density at radius 1 is 0.903 bits per heavy atom. The maximum Gasteiger partial charge on any atom is 0.230 e. The smallest absolute Gasteiger partial charge is 0.230 e. The van der Waals surface area contributed by atoms with Gasteiger partial charge < -0.3 is 24.0 Å². The number of para-hydroxylation sites is 1. The first-order valence-electron chi connectivity index (χ1n) is 10.4. The van der Waals surface area contributed by atoms with Gasteiger partial charge in [-0.2, -0.15) is 0 Å². The summed E-state index contributed by atoms with van der Waals surface area (Å²) in [6.45, 7) is 4.28. The molecule has 2 aromatic carbocycles. The largest absolute Gasteiger partial charge is 0.488 e. The number of morpholine rings is 1. The minimum atomic E-state index is -0.385. The van der Waals surface area contributed by atoms with Gasteiger partial charge in [-0.05, 0) is 30.7 Å². The zero-order chi connectivity index (χ0) is 21.0. The first kappa shape index (κ1) is 19.6. The van der Waals surface area contributed by atoms with Crippen molar-refractivity contribution in [3.8, 4) is 17.2 Å². The van der Waals surface area contributed by atoms with E-state index >= 15 is 0 Å². The molecule has 0 saturated carbocycles. The van der Waals surface area contributed by atoms with Gasteiger partial charge in [0.15, 0.2) is 17.3 Å². The Labute approximate surface area is 180 Å². The third-order valence-electron chi connectivity index (χ3n) is 5.29. The first-order chi connectivity index (χ1) is 15.3. The average Bonchev–Trinajstić information content (AvgIpc) is 3.04. The van der Waals surface area contributed by atoms with E-state index in [-0.39, 0.29) is 11.6 Å². The van der Waals surface area contributed by atoms with Crippen LogP contribution in [0.5, 0.6) is 17.2 Å². The quantitative estimate of drug-likeness (QED) is 0.626. The molecule has 3 aromatic rings. The number of ether oxygens (including phenoxy) is 3. The molecule has 1 fully saturated rings. The highest BCUT2D eigenvalue weighted by Crippen LogP contribution is 2.36. The van der Waals surface area contributed by atoms with E-state index in [0.29, 0.717) is 30.5 Å². The Balaban J connectivity index is 1.34. The topological polar surface area (TPSA) is 60.0 Å². The molecule has 0 radical (unpaired) electrons. The van der Waals surface area contributed by atoms with E-state index in [1.54, 1.807) is 18.5 Å². The molecule has 8 heteroatoms. The Hall–Kier alpha value is -3.39. The van der Waals surface area contributed by atoms with Crippen molar-refractivity contribution in [2.24, 2.45) is 0 Å². The minimum absolute atomic E-state index is 0.240. The van der Waals surface area contributed by atoms with E-state index in [1.165, 1.54) is 6.07 Å². The summed E-state index contributed by atoms with van der Waals surface area (Å²) in [6.07, 6.45) is 4.01. The van der Waals surface area contributed by atoms with Crippen molar-refractivity contribution in [3.05, 3.63) is 60.7 Å². The molecule has 0 N–H and O–H groups in total. The van der Waals surface area contributed by atoms with Crippen LogP contribution in [-0.2, 0) is 4.74 Å². The van der Waals surface area contributed by atoms with Gasteiger partial charge in [-0.25, -0.2) is 14.4 Å². The van der Waals surface area contributed by atoms with Crippen molar-refractivity contribution in [2.45, 2.75) is 6.42 Å². The van der Waals surface area contributed by atoms with Crippen LogP contribution < -0.4 is 19.3 Å². The molecule has 0 atom stereocenters. The maximum atomic E-state index is 14.2. The van der Waals surface area contributed by atoms with Gasteiger partial charge in [-0.3, -0.25) is 0 Å². The Bertz CT molecular complexity index is 1040. The SMILES string of the molecule is Fc1cccc2c1OCCCN2c1ncc(Oc2cccc(N3CCOCC3)c2)cn1. The predicted octanol–water partition coefficient (Wildman–Crippen LogP) is 4.17. The molecule has 7 nitrogen and oxygen atoms in total. The van der Waals surface area contributed by atoms with E-state index in [9.17, 15) is 4.39 Å². The van der Waals surface area contributed by atoms with Crippen molar-refractivity contribution >= 4 is 17.3 Å². The molecule has 1 aromatic heterocycles. The third-order valence-corrected chi connectivity index (χ3v) is 5.29. The highest BCUT2D eigenvalue weighted by Gasteiger charge is 2.22. The van der Waals surface area contributed by atoms with E-state index in [0.717, 1.165) is 44.2 Å². The number of anilines is 3. The number of rotatable bonds is 4. The molecular formula is C23H23FN4O3. The lowest BCUT2D eigenvalue weighted by atomic mass is 10.2. The molecular weight excluding hydrogens is 399 g/mol. The summed E-state index contributed by atoms with van der Waals surface area (Å²) in [5.41, 5.74) is 1.73. The van der Waals surface area contributed by atoms with Crippen molar-refractivity contribution in [1.29, 1.82) is 0 Å². The summed E-state index contributed by atoms with van der Waals surface area (Å²) in [5, 5.41) is 0. The number of benzene rings is 2. The van der Waals surface area contributed by atoms with Crippen molar-refractivity contribution in [2.75, 3.05) is 49.3 Å². The summed E-state index contributed by atoms with van der Waals surface area (Å²) >= 11 is 0. The molecule has 0 unspecified atom stereocenters. The molecule has 31 heavy (non-hydrogen) atoms. The van der Waals surface area contributed by atoms with Gasteiger partial charge in [-0.15, -0.1) is 0 Å². The summed E-state index contributed by atoms with van der Waals surface area (Å²) in [6, 6.07) is 12.8. The average molecular weight is 422 g/mol. The number of nitrogens with zero attached hydrogens (tertiary/aromatic N) is 4. The number of aromatic nitrogens is 2. The van der Waals surface area contributed by atoms with E-state index in [1.807, 2.05) is 29.2 Å². The van der Waals surface area contributed by atoms with Crippen LogP contribution >= 0.6 is 0 Å². The maximum absolute atomic E-state index is 14.2. The fourth-order valence-electron chi connectivity index (χ4n) is 3.78. The van der Waals surface area contributed by atoms with Gasteiger partial charge in [0, 0.05) is 31.4 Å². The van der Waals surface area contributed by atoms with Crippen molar-refractivity contribution in [3.63, 3.8) is 0 Å². The van der Waals surface area contributed by atoms with Gasteiger partial charge in [-0.1, -0.05) is 12.1 Å². The monoisotopic (exact) mass is 422 g/mol. The molecule has 0 spiro atoms. The fraction of sp³-hybridized carbons (Fsp3) is 0.304. The third kappa shape index (κ3) is 4.25. The standard InChI is InChI=1S/C23H23FN4O3/c24-20-6-2-7-21-22(20)30-11-3-8-28(21)23-25-15-19(16-26-23)31-18-5-1-4-17(14-18)27-9-12-29-13-10-27/h1-2,4-7,14-16H,3,8-13H2. The molecule has 160 valence electrons. The predicted molar refractivity (Wildman–Crippen MR) is 115 cm³/mol. The van der Waals surface area contributed by atoms with Crippen LogP contribution in [0.15, 0.2) is 54.9 Å². The second-order valence-corrected chi connectivity index (χ2v) is 7.36. The van der Waals surface area contributed by atoms with Crippen LogP contribution in [-0.4, -0.2) is 49.4 Å². The van der Waals surface area contributed by atoms with E-state index < -0.39 is 0 Å². The molecule has 2 aliphatic heterocycles. The molecule has 5 rings (SSSR count). The summed E-state index contributed by atoms with van der Waals surface area (Å²) < 4.78 is 31.2. The van der Waals surface area contributed by atoms with Crippen LogP contribution in [0.4, 0.5) is 21.7 Å². The second kappa shape index (κ2) is 8.77. The van der Waals surface area contributed by atoms with Gasteiger partial charge in [0.1, 0.15) is 5.75 Å². The van der Waals surface area contributed by atoms with Crippen LogP contribution in [0.1, 0.15) is 6.42 Å². The number of fused-ring (bicyclic) bond motifs is 1. The zero-order valence-corrected chi connectivity index (χ0v) is 17.0. The van der Waals surface area contributed by atoms with Crippen LogP contribution in [0, 0.1) is 5.82 Å². The minimum Gasteiger partial charge on any atom is -0.488 e. The lowest BCUT2D eigenvalue weighted by Gasteiger charge is -2.29. The lowest BCUT2D eigenvalue weighted by Crippen LogP contribution is -2.36. The highest BCUT2D eigenvalue weighted by atomic mass is 19.1. The van der Waals surface area contributed by atoms with Gasteiger partial charge in [0.05, 0.1) is 37.9 Å². The van der Waals surface area contributed by atoms with Crippen LogP contribution in [0.2, 0.25) is 0 Å². The van der Waals surface area contributed by atoms with Crippen molar-refractivity contribution in [1.82, 2.24) is 9.97 Å². The Morgan fingerprint density at radius 3 is 2.55 bits per heavy atom. The summed E-state index contributed by atoms with van der Waals surface area (Å²) in [7, 11) is 0. The Morgan fingerprint density at radius 2 is 1.71 bits per heavy atom. The highest BCUT2D eigenvalue weighted by molar-refractivity contribution is 5.66. The van der Waals surface area contributed by atoms with E-state index in [2.05, 4.69) is 20.9 Å². The molecule has 2 aliphatic rings. The Kier molecular flexibility index (Phi) is 5.54. The van der Waals surface area contributed by atoms with Gasteiger partial charge in [0.25, 0.3) is 0 Å². The molecule has 3 heterocycles. The second-order valence-electron chi connectivity index (χ2n) is 7.36. The molecule has 0 amide bonds. The van der Waals surface area contributed by atoms with Crippen LogP contribution in [0.3, 0.4) is 0 Å². The number of hydrogen-bond donors (Lipinski definition) is 0. The fourth-order valence-corrected chi connectivity index (χ4v) is 3.78. The molecule has 0 bridgehead atoms. The lowest BCUT2D eigenvalue weighted by molar-refractivity contribution is 0.122. The normalized spacial score (nSPS) is 16.3.